The van der Waals surface area contributed by atoms with E-state index in [1.165, 1.54) is 22.3 Å². The molecule has 0 saturated heterocycles. The molecule has 196 valence electrons. The van der Waals surface area contributed by atoms with Gasteiger partial charge in [0.15, 0.2) is 0 Å². The van der Waals surface area contributed by atoms with Gasteiger partial charge in [0.25, 0.3) is 0 Å². The Hall–Kier alpha value is -3.66. The minimum Gasteiger partial charge on any atom is -0.507 e. The summed E-state index contributed by atoms with van der Waals surface area (Å²) in [4.78, 5) is 25.2. The van der Waals surface area contributed by atoms with E-state index in [-0.39, 0.29) is 28.7 Å². The van der Waals surface area contributed by atoms with Crippen LogP contribution in [0, 0.1) is 11.3 Å². The number of ketones is 2. The fraction of sp³-hybridized carbons (Fsp3) is 0.371. The van der Waals surface area contributed by atoms with Crippen LogP contribution in [0.5, 0.6) is 11.5 Å². The zero-order chi connectivity index (χ0) is 26.6. The van der Waals surface area contributed by atoms with Crippen LogP contribution in [0.3, 0.4) is 0 Å². The van der Waals surface area contributed by atoms with Crippen LogP contribution in [0.15, 0.2) is 48.5 Å². The lowest BCUT2D eigenvalue weighted by Crippen LogP contribution is -2.32. The molecule has 2 N–H and O–H groups in total. The standard InChI is InChI=1S/C35H32O4/c1-35-17-16-23-22-10-14-31(38)34(27(22)7-4-24(23)28(35)11-15-32(35)39)33-26-6-3-18-19(21(26)9-13-30(33)37)2-5-25-20(18)8-12-29(25)36/h3-4,6-7,9-10,13-14,20,25,28,37-38H,2,5,8,11-12,15-17H2,1H3/t20-,25?,28?,35?/m1/s1. The first-order chi connectivity index (χ1) is 18.9. The number of Topliss-reactive ketones (excluding diaryl/α,β-unsaturated/α-hetero) is 2. The number of rotatable bonds is 1. The third-order valence-electron chi connectivity index (χ3n) is 10.9. The Morgan fingerprint density at radius 1 is 0.641 bits per heavy atom. The van der Waals surface area contributed by atoms with Crippen LogP contribution in [-0.2, 0) is 22.4 Å². The number of carbonyl (C=O) groups excluding carboxylic acids is 2. The lowest BCUT2D eigenvalue weighted by Gasteiger charge is -2.37. The summed E-state index contributed by atoms with van der Waals surface area (Å²) in [6, 6.07) is 16.0. The summed E-state index contributed by atoms with van der Waals surface area (Å²) >= 11 is 0. The predicted octanol–water partition coefficient (Wildman–Crippen LogP) is 7.48. The molecule has 4 aromatic carbocycles. The van der Waals surface area contributed by atoms with Gasteiger partial charge in [-0.05, 0) is 106 Å². The van der Waals surface area contributed by atoms with E-state index in [0.717, 1.165) is 60.1 Å². The molecule has 0 aromatic heterocycles. The zero-order valence-electron chi connectivity index (χ0n) is 22.2. The second-order valence-corrected chi connectivity index (χ2v) is 12.6. The van der Waals surface area contributed by atoms with Gasteiger partial charge in [0, 0.05) is 35.3 Å². The van der Waals surface area contributed by atoms with Crippen molar-refractivity contribution in [2.45, 2.75) is 70.1 Å². The van der Waals surface area contributed by atoms with Crippen LogP contribution >= 0.6 is 0 Å². The van der Waals surface area contributed by atoms with E-state index in [2.05, 4.69) is 31.2 Å². The van der Waals surface area contributed by atoms with Crippen LogP contribution in [0.4, 0.5) is 0 Å². The van der Waals surface area contributed by atoms with E-state index in [1.807, 2.05) is 12.1 Å². The first kappa shape index (κ1) is 23.2. The molecule has 8 rings (SSSR count). The predicted molar refractivity (Wildman–Crippen MR) is 152 cm³/mol. The number of aromatic hydroxyl groups is 2. The molecule has 2 fully saturated rings. The average Bonchev–Trinajstić information content (AvgIpc) is 3.47. The van der Waals surface area contributed by atoms with Crippen molar-refractivity contribution in [3.63, 3.8) is 0 Å². The highest BCUT2D eigenvalue weighted by Gasteiger charge is 2.49. The quantitative estimate of drug-likeness (QED) is 0.275. The lowest BCUT2D eigenvalue weighted by molar-refractivity contribution is -0.126. The lowest BCUT2D eigenvalue weighted by atomic mass is 9.66. The smallest absolute Gasteiger partial charge is 0.139 e. The minimum atomic E-state index is -0.268. The highest BCUT2D eigenvalue weighted by Crippen LogP contribution is 2.56. The molecule has 0 amide bonds. The van der Waals surface area contributed by atoms with E-state index in [9.17, 15) is 19.8 Å². The van der Waals surface area contributed by atoms with Crippen molar-refractivity contribution in [2.75, 3.05) is 0 Å². The number of hydrogen-bond acceptors (Lipinski definition) is 4. The number of carbonyl (C=O) groups is 2. The Morgan fingerprint density at radius 3 is 1.92 bits per heavy atom. The Morgan fingerprint density at radius 2 is 1.23 bits per heavy atom. The second-order valence-electron chi connectivity index (χ2n) is 12.6. The fourth-order valence-electron chi connectivity index (χ4n) is 8.92. The minimum absolute atomic E-state index is 0.150. The molecule has 0 radical (unpaired) electrons. The van der Waals surface area contributed by atoms with Crippen molar-refractivity contribution in [1.82, 2.24) is 0 Å². The first-order valence-corrected chi connectivity index (χ1v) is 14.5. The molecule has 4 heteroatoms. The highest BCUT2D eigenvalue weighted by molar-refractivity contribution is 6.11. The van der Waals surface area contributed by atoms with Crippen molar-refractivity contribution in [3.05, 3.63) is 70.8 Å². The molecule has 4 aromatic rings. The topological polar surface area (TPSA) is 74.6 Å². The summed E-state index contributed by atoms with van der Waals surface area (Å²) < 4.78 is 0. The molecule has 4 aliphatic carbocycles. The number of aryl methyl sites for hydroxylation is 2. The third-order valence-corrected chi connectivity index (χ3v) is 10.9. The largest absolute Gasteiger partial charge is 0.507 e. The number of phenolic OH excluding ortho intramolecular Hbond substituents is 2. The van der Waals surface area contributed by atoms with Gasteiger partial charge < -0.3 is 10.2 Å². The van der Waals surface area contributed by atoms with Gasteiger partial charge in [-0.15, -0.1) is 0 Å². The number of fused-ring (bicyclic) bond motifs is 10. The number of hydrogen-bond donors (Lipinski definition) is 2. The highest BCUT2D eigenvalue weighted by atomic mass is 16.3. The SMILES string of the molecule is CC12CCc3c(ccc4c(-c5c(O)ccc6c7c(ccc56)[C@H]5CCC(=O)C5CC7)c(O)ccc34)C1CCC2=O. The van der Waals surface area contributed by atoms with Gasteiger partial charge in [-0.1, -0.05) is 43.3 Å². The molecule has 0 aliphatic heterocycles. The number of benzene rings is 4. The van der Waals surface area contributed by atoms with Gasteiger partial charge in [-0.3, -0.25) is 9.59 Å². The molecule has 0 bridgehead atoms. The summed E-state index contributed by atoms with van der Waals surface area (Å²) in [5.41, 5.74) is 6.18. The van der Waals surface area contributed by atoms with Crippen LogP contribution in [0.25, 0.3) is 32.7 Å². The van der Waals surface area contributed by atoms with Crippen molar-refractivity contribution in [3.8, 4) is 22.6 Å². The second kappa shape index (κ2) is 7.94. The van der Waals surface area contributed by atoms with Crippen molar-refractivity contribution in [2.24, 2.45) is 11.3 Å². The van der Waals surface area contributed by atoms with Crippen LogP contribution in [0.1, 0.15) is 79.5 Å². The maximum atomic E-state index is 12.8. The Balaban J connectivity index is 1.35. The van der Waals surface area contributed by atoms with Gasteiger partial charge in [-0.25, -0.2) is 0 Å². The normalized spacial score (nSPS) is 27.5. The molecular formula is C35H32O4. The summed E-state index contributed by atoms with van der Waals surface area (Å²) in [6.07, 6.45) is 6.60. The average molecular weight is 517 g/mol. The third kappa shape index (κ3) is 3.00. The molecule has 4 atom stereocenters. The molecule has 3 unspecified atom stereocenters. The van der Waals surface area contributed by atoms with Crippen molar-refractivity contribution in [1.29, 1.82) is 0 Å². The summed E-state index contributed by atoms with van der Waals surface area (Å²) in [7, 11) is 0. The fourth-order valence-corrected chi connectivity index (χ4v) is 8.92. The van der Waals surface area contributed by atoms with E-state index in [1.54, 1.807) is 12.1 Å². The Kier molecular flexibility index (Phi) is 4.73. The summed E-state index contributed by atoms with van der Waals surface area (Å²) in [6.45, 7) is 2.14. The molecule has 0 heterocycles. The molecule has 4 aliphatic rings. The Bertz CT molecular complexity index is 1760. The molecule has 0 spiro atoms. The van der Waals surface area contributed by atoms with Crippen molar-refractivity contribution < 1.29 is 19.8 Å². The zero-order valence-corrected chi connectivity index (χ0v) is 22.2. The van der Waals surface area contributed by atoms with E-state index in [0.29, 0.717) is 41.5 Å². The maximum absolute atomic E-state index is 12.8. The Labute approximate surface area is 227 Å². The van der Waals surface area contributed by atoms with Crippen LogP contribution in [-0.4, -0.2) is 21.8 Å². The van der Waals surface area contributed by atoms with E-state index in [4.69, 9.17) is 0 Å². The van der Waals surface area contributed by atoms with Gasteiger partial charge >= 0.3 is 0 Å². The van der Waals surface area contributed by atoms with E-state index < -0.39 is 0 Å². The number of phenols is 2. The van der Waals surface area contributed by atoms with E-state index >= 15 is 0 Å². The molecule has 39 heavy (non-hydrogen) atoms. The van der Waals surface area contributed by atoms with Gasteiger partial charge in [0.1, 0.15) is 23.1 Å². The summed E-state index contributed by atoms with van der Waals surface area (Å²) in [5.74, 6) is 1.80. The maximum Gasteiger partial charge on any atom is 0.139 e. The first-order valence-electron chi connectivity index (χ1n) is 14.5. The molecule has 4 nitrogen and oxygen atoms in total. The van der Waals surface area contributed by atoms with Crippen LogP contribution < -0.4 is 0 Å². The van der Waals surface area contributed by atoms with Gasteiger partial charge in [0.2, 0.25) is 0 Å². The molecule has 2 saturated carbocycles. The van der Waals surface area contributed by atoms with Gasteiger partial charge in [-0.2, -0.15) is 0 Å². The summed E-state index contributed by atoms with van der Waals surface area (Å²) in [5, 5.41) is 26.6. The monoisotopic (exact) mass is 516 g/mol. The molecular weight excluding hydrogens is 484 g/mol. The van der Waals surface area contributed by atoms with Gasteiger partial charge in [0.05, 0.1) is 0 Å². The van der Waals surface area contributed by atoms with Crippen molar-refractivity contribution >= 4 is 33.1 Å². The van der Waals surface area contributed by atoms with Crippen LogP contribution in [0.2, 0.25) is 0 Å².